The van der Waals surface area contributed by atoms with Crippen molar-refractivity contribution in [1.82, 2.24) is 0 Å². The van der Waals surface area contributed by atoms with Gasteiger partial charge < -0.3 is 4.79 Å². The number of ketones is 1. The van der Waals surface area contributed by atoms with Crippen LogP contribution in [0.15, 0.2) is 48.5 Å². The average molecular weight is 273 g/mol. The van der Waals surface area contributed by atoms with Gasteiger partial charge in [-0.3, -0.25) is 4.79 Å². The molecule has 0 aromatic heterocycles. The molecule has 0 radical (unpaired) electrons. The van der Waals surface area contributed by atoms with Crippen LogP contribution in [0.3, 0.4) is 0 Å². The van der Waals surface area contributed by atoms with Crippen LogP contribution >= 0.6 is 11.6 Å². The number of aldehydes is 1. The summed E-state index contributed by atoms with van der Waals surface area (Å²) in [7, 11) is 0. The Morgan fingerprint density at radius 3 is 2.42 bits per heavy atom. The summed E-state index contributed by atoms with van der Waals surface area (Å²) in [5, 5.41) is 0.597. The summed E-state index contributed by atoms with van der Waals surface area (Å²) < 4.78 is 0. The van der Waals surface area contributed by atoms with Crippen LogP contribution in [0.1, 0.15) is 34.3 Å². The summed E-state index contributed by atoms with van der Waals surface area (Å²) in [5.41, 5.74) is 2.00. The van der Waals surface area contributed by atoms with Crippen LogP contribution in [0.4, 0.5) is 0 Å². The van der Waals surface area contributed by atoms with E-state index in [-0.39, 0.29) is 11.7 Å². The molecule has 3 heteroatoms. The van der Waals surface area contributed by atoms with Crippen molar-refractivity contribution in [2.45, 2.75) is 12.8 Å². The number of hydrogen-bond acceptors (Lipinski definition) is 2. The van der Waals surface area contributed by atoms with Crippen LogP contribution in [0.5, 0.6) is 0 Å². The Balaban J connectivity index is 2.33. The van der Waals surface area contributed by atoms with Crippen LogP contribution in [0, 0.1) is 0 Å². The second kappa shape index (κ2) is 5.81. The SMILES string of the molecule is CC(C=O)c1cccc(C(=O)c2ccc(Cl)cc2)c1. The minimum atomic E-state index is -0.210. The van der Waals surface area contributed by atoms with E-state index in [4.69, 9.17) is 11.6 Å². The predicted molar refractivity (Wildman–Crippen MR) is 75.8 cm³/mol. The van der Waals surface area contributed by atoms with Gasteiger partial charge in [-0.1, -0.05) is 36.7 Å². The first-order valence-electron chi connectivity index (χ1n) is 5.97. The van der Waals surface area contributed by atoms with Crippen molar-refractivity contribution < 1.29 is 9.59 Å². The van der Waals surface area contributed by atoms with Gasteiger partial charge in [0.25, 0.3) is 0 Å². The fraction of sp³-hybridized carbons (Fsp3) is 0.125. The molecule has 1 atom stereocenters. The van der Waals surface area contributed by atoms with Gasteiger partial charge in [0.15, 0.2) is 5.78 Å². The first kappa shape index (κ1) is 13.5. The van der Waals surface area contributed by atoms with Crippen LogP contribution in [0.25, 0.3) is 0 Å². The van der Waals surface area contributed by atoms with Crippen molar-refractivity contribution in [3.05, 3.63) is 70.2 Å². The van der Waals surface area contributed by atoms with Gasteiger partial charge in [-0.25, -0.2) is 0 Å². The Hall–Kier alpha value is -1.93. The molecule has 2 nitrogen and oxygen atoms in total. The van der Waals surface area contributed by atoms with Crippen molar-refractivity contribution in [1.29, 1.82) is 0 Å². The lowest BCUT2D eigenvalue weighted by Crippen LogP contribution is -2.03. The van der Waals surface area contributed by atoms with E-state index < -0.39 is 0 Å². The lowest BCUT2D eigenvalue weighted by molar-refractivity contribution is -0.108. The molecule has 0 bridgehead atoms. The van der Waals surface area contributed by atoms with Gasteiger partial charge in [0.2, 0.25) is 0 Å². The van der Waals surface area contributed by atoms with Crippen molar-refractivity contribution in [3.8, 4) is 0 Å². The number of rotatable bonds is 4. The zero-order valence-corrected chi connectivity index (χ0v) is 11.2. The van der Waals surface area contributed by atoms with E-state index in [1.54, 1.807) is 49.4 Å². The summed E-state index contributed by atoms with van der Waals surface area (Å²) in [6, 6.07) is 13.9. The minimum absolute atomic E-state index is 0.0726. The summed E-state index contributed by atoms with van der Waals surface area (Å²) in [6.45, 7) is 1.80. The first-order valence-corrected chi connectivity index (χ1v) is 6.35. The van der Waals surface area contributed by atoms with Gasteiger partial charge in [0, 0.05) is 22.1 Å². The van der Waals surface area contributed by atoms with E-state index in [0.717, 1.165) is 11.8 Å². The van der Waals surface area contributed by atoms with Gasteiger partial charge in [0.05, 0.1) is 0 Å². The summed E-state index contributed by atoms with van der Waals surface area (Å²) in [5.74, 6) is -0.283. The highest BCUT2D eigenvalue weighted by Crippen LogP contribution is 2.18. The molecular weight excluding hydrogens is 260 g/mol. The van der Waals surface area contributed by atoms with Crippen molar-refractivity contribution >= 4 is 23.7 Å². The quantitative estimate of drug-likeness (QED) is 0.625. The van der Waals surface area contributed by atoms with E-state index in [9.17, 15) is 9.59 Å². The molecule has 0 aliphatic rings. The van der Waals surface area contributed by atoms with Crippen molar-refractivity contribution in [2.75, 3.05) is 0 Å². The Labute approximate surface area is 117 Å². The largest absolute Gasteiger partial charge is 0.303 e. The standard InChI is InChI=1S/C16H13ClO2/c1-11(10-18)13-3-2-4-14(9-13)16(19)12-5-7-15(17)8-6-12/h2-11H,1H3. The van der Waals surface area contributed by atoms with Gasteiger partial charge in [-0.2, -0.15) is 0 Å². The summed E-state index contributed by atoms with van der Waals surface area (Å²) >= 11 is 5.80. The lowest BCUT2D eigenvalue weighted by Gasteiger charge is -2.07. The monoisotopic (exact) mass is 272 g/mol. The normalized spacial score (nSPS) is 11.9. The maximum Gasteiger partial charge on any atom is 0.193 e. The molecule has 0 fully saturated rings. The van der Waals surface area contributed by atoms with Gasteiger partial charge in [-0.15, -0.1) is 0 Å². The molecule has 0 saturated carbocycles. The lowest BCUT2D eigenvalue weighted by atomic mass is 9.96. The maximum atomic E-state index is 12.3. The van der Waals surface area contributed by atoms with E-state index in [1.807, 2.05) is 6.07 Å². The zero-order valence-electron chi connectivity index (χ0n) is 10.5. The molecule has 0 aliphatic heterocycles. The average Bonchev–Trinajstić information content (AvgIpc) is 2.46. The fourth-order valence-electron chi connectivity index (χ4n) is 1.81. The third kappa shape index (κ3) is 3.09. The molecule has 0 heterocycles. The van der Waals surface area contributed by atoms with Gasteiger partial charge in [0.1, 0.15) is 6.29 Å². The van der Waals surface area contributed by atoms with E-state index in [2.05, 4.69) is 0 Å². The fourth-order valence-corrected chi connectivity index (χ4v) is 1.94. The molecule has 0 spiro atoms. The molecule has 2 rings (SSSR count). The minimum Gasteiger partial charge on any atom is -0.303 e. The Morgan fingerprint density at radius 2 is 1.79 bits per heavy atom. The number of carbonyl (C=O) groups excluding carboxylic acids is 2. The summed E-state index contributed by atoms with van der Waals surface area (Å²) in [4.78, 5) is 23.1. The Morgan fingerprint density at radius 1 is 1.11 bits per heavy atom. The number of hydrogen-bond donors (Lipinski definition) is 0. The Kier molecular flexibility index (Phi) is 4.13. The first-order chi connectivity index (χ1) is 9.11. The molecule has 0 aliphatic carbocycles. The maximum absolute atomic E-state index is 12.3. The third-order valence-corrected chi connectivity index (χ3v) is 3.24. The molecule has 2 aromatic rings. The smallest absolute Gasteiger partial charge is 0.193 e. The van der Waals surface area contributed by atoms with Crippen molar-refractivity contribution in [3.63, 3.8) is 0 Å². The van der Waals surface area contributed by atoms with Crippen LogP contribution in [-0.2, 0) is 4.79 Å². The predicted octanol–water partition coefficient (Wildman–Crippen LogP) is 3.87. The number of carbonyl (C=O) groups is 2. The highest BCUT2D eigenvalue weighted by atomic mass is 35.5. The molecular formula is C16H13ClO2. The number of benzene rings is 2. The van der Waals surface area contributed by atoms with Crippen molar-refractivity contribution in [2.24, 2.45) is 0 Å². The molecule has 1 unspecified atom stereocenters. The zero-order chi connectivity index (χ0) is 13.8. The molecule has 0 saturated heterocycles. The van der Waals surface area contributed by atoms with Crippen LogP contribution < -0.4 is 0 Å². The van der Waals surface area contributed by atoms with Crippen LogP contribution in [-0.4, -0.2) is 12.1 Å². The van der Waals surface area contributed by atoms with Gasteiger partial charge >= 0.3 is 0 Å². The molecule has 0 amide bonds. The van der Waals surface area contributed by atoms with Gasteiger partial charge in [-0.05, 0) is 35.9 Å². The molecule has 0 N–H and O–H groups in total. The second-order valence-corrected chi connectivity index (χ2v) is 4.82. The Bertz CT molecular complexity index is 602. The molecule has 96 valence electrons. The topological polar surface area (TPSA) is 34.1 Å². The third-order valence-electron chi connectivity index (χ3n) is 2.99. The molecule has 2 aromatic carbocycles. The van der Waals surface area contributed by atoms with E-state index in [0.29, 0.717) is 16.1 Å². The second-order valence-electron chi connectivity index (χ2n) is 4.39. The highest BCUT2D eigenvalue weighted by molar-refractivity contribution is 6.30. The van der Waals surface area contributed by atoms with E-state index >= 15 is 0 Å². The van der Waals surface area contributed by atoms with Crippen LogP contribution in [0.2, 0.25) is 5.02 Å². The number of halogens is 1. The summed E-state index contributed by atoms with van der Waals surface area (Å²) in [6.07, 6.45) is 0.867. The molecule has 19 heavy (non-hydrogen) atoms. The van der Waals surface area contributed by atoms with E-state index in [1.165, 1.54) is 0 Å². The highest BCUT2D eigenvalue weighted by Gasteiger charge is 2.11.